The van der Waals surface area contributed by atoms with Gasteiger partial charge in [0.1, 0.15) is 24.1 Å². The number of pyridine rings is 1. The van der Waals surface area contributed by atoms with Crippen LogP contribution in [0.2, 0.25) is 0 Å². The number of carbonyl (C=O) groups excluding carboxylic acids is 2. The van der Waals surface area contributed by atoms with E-state index in [1.807, 2.05) is 13.0 Å². The second-order valence-electron chi connectivity index (χ2n) is 8.46. The van der Waals surface area contributed by atoms with Gasteiger partial charge in [-0.2, -0.15) is 5.26 Å². The van der Waals surface area contributed by atoms with E-state index in [4.69, 9.17) is 16.3 Å². The quantitative estimate of drug-likeness (QED) is 0.308. The fourth-order valence-corrected chi connectivity index (χ4v) is 4.00. The molecular formula is C24H30N10O3. The van der Waals surface area contributed by atoms with E-state index in [2.05, 4.69) is 30.3 Å². The van der Waals surface area contributed by atoms with Crippen LogP contribution in [0.4, 0.5) is 29.1 Å². The van der Waals surface area contributed by atoms with Crippen LogP contribution in [0.15, 0.2) is 10.2 Å². The molecular weight excluding hydrogens is 476 g/mol. The molecule has 2 aromatic heterocycles. The first-order valence-corrected chi connectivity index (χ1v) is 12.0. The van der Waals surface area contributed by atoms with Gasteiger partial charge in [-0.25, -0.2) is 4.98 Å². The highest BCUT2D eigenvalue weighted by Gasteiger charge is 2.28. The Morgan fingerprint density at radius 1 is 1.24 bits per heavy atom. The van der Waals surface area contributed by atoms with Crippen LogP contribution in [-0.2, 0) is 16.1 Å². The molecule has 1 saturated heterocycles. The highest BCUT2D eigenvalue weighted by Crippen LogP contribution is 2.38. The molecule has 0 radical (unpaired) electrons. The Bertz CT molecular complexity index is 1290. The number of nitriles is 1. The van der Waals surface area contributed by atoms with Crippen molar-refractivity contribution in [3.8, 4) is 6.07 Å². The van der Waals surface area contributed by atoms with Crippen LogP contribution in [0.3, 0.4) is 0 Å². The van der Waals surface area contributed by atoms with Crippen LogP contribution in [0.1, 0.15) is 48.3 Å². The van der Waals surface area contributed by atoms with Crippen LogP contribution in [0.25, 0.3) is 4.85 Å². The first-order valence-electron chi connectivity index (χ1n) is 12.0. The van der Waals surface area contributed by atoms with Gasteiger partial charge in [-0.15, -0.1) is 5.11 Å². The van der Waals surface area contributed by atoms with Crippen molar-refractivity contribution >= 4 is 41.0 Å². The minimum absolute atomic E-state index is 0.110. The average Bonchev–Trinajstić information content (AvgIpc) is 3.51. The van der Waals surface area contributed by atoms with Crippen LogP contribution in [0.5, 0.6) is 0 Å². The van der Waals surface area contributed by atoms with E-state index in [0.29, 0.717) is 35.0 Å². The van der Waals surface area contributed by atoms with Crippen molar-refractivity contribution in [3.63, 3.8) is 0 Å². The Kier molecular flexibility index (Phi) is 8.74. The third kappa shape index (κ3) is 5.67. The number of carbonyl (C=O) groups is 2. The standard InChI is InChI=1S/C24H30N10O3/c1-7-27-21-19(15(3)18(23(36)32(5)6)22(28-21)33-11-9-10-12-33)30-31-24-29-20(26-4)16(13-25)34(24)14-17(35)37-8-2/h7-12,14H2,1-3,5-6H3,(H,27,28). The zero-order valence-electron chi connectivity index (χ0n) is 21.7. The number of azo groups is 1. The summed E-state index contributed by atoms with van der Waals surface area (Å²) in [5.74, 6) is -0.0941. The molecule has 1 N–H and O–H groups in total. The molecule has 0 bridgehead atoms. The van der Waals surface area contributed by atoms with Crippen molar-refractivity contribution in [1.29, 1.82) is 5.26 Å². The fourth-order valence-electron chi connectivity index (χ4n) is 4.00. The first-order chi connectivity index (χ1) is 17.8. The lowest BCUT2D eigenvalue weighted by Crippen LogP contribution is -2.29. The molecule has 13 nitrogen and oxygen atoms in total. The smallest absolute Gasteiger partial charge is 0.345 e. The van der Waals surface area contributed by atoms with Crippen LogP contribution < -0.4 is 10.2 Å². The van der Waals surface area contributed by atoms with Gasteiger partial charge in [0.15, 0.2) is 11.5 Å². The van der Waals surface area contributed by atoms with Gasteiger partial charge < -0.3 is 24.7 Å². The van der Waals surface area contributed by atoms with Crippen LogP contribution in [0, 0.1) is 24.8 Å². The molecule has 0 spiro atoms. The maximum Gasteiger partial charge on any atom is 0.345 e. The van der Waals surface area contributed by atoms with E-state index in [9.17, 15) is 14.9 Å². The molecule has 0 atom stereocenters. The maximum atomic E-state index is 13.2. The van der Waals surface area contributed by atoms with Gasteiger partial charge in [-0.3, -0.25) is 14.2 Å². The minimum Gasteiger partial charge on any atom is -0.465 e. The number of ether oxygens (including phenoxy) is 1. The van der Waals surface area contributed by atoms with E-state index >= 15 is 0 Å². The Hall–Kier alpha value is -4.52. The second-order valence-corrected chi connectivity index (χ2v) is 8.46. The summed E-state index contributed by atoms with van der Waals surface area (Å²) in [5.41, 5.74) is 1.21. The number of nitrogens with one attached hydrogen (secondary N) is 1. The summed E-state index contributed by atoms with van der Waals surface area (Å²) < 4.78 is 6.18. The summed E-state index contributed by atoms with van der Waals surface area (Å²) in [6, 6.07) is 1.90. The van der Waals surface area contributed by atoms with Crippen molar-refractivity contribution in [2.75, 3.05) is 50.6 Å². The normalized spacial score (nSPS) is 12.9. The van der Waals surface area contributed by atoms with Gasteiger partial charge in [-0.1, -0.05) is 16.7 Å². The Morgan fingerprint density at radius 2 is 1.95 bits per heavy atom. The highest BCUT2D eigenvalue weighted by molar-refractivity contribution is 6.02. The van der Waals surface area contributed by atoms with Gasteiger partial charge in [0, 0.05) is 33.7 Å². The van der Waals surface area contributed by atoms with E-state index in [1.54, 1.807) is 27.9 Å². The van der Waals surface area contributed by atoms with Crippen LogP contribution >= 0.6 is 0 Å². The van der Waals surface area contributed by atoms with Gasteiger partial charge in [0.25, 0.3) is 5.91 Å². The molecule has 1 aliphatic heterocycles. The third-order valence-electron chi connectivity index (χ3n) is 5.74. The zero-order chi connectivity index (χ0) is 27.1. The summed E-state index contributed by atoms with van der Waals surface area (Å²) in [4.78, 5) is 41.1. The highest BCUT2D eigenvalue weighted by atomic mass is 16.5. The number of imidazole rings is 1. The average molecular weight is 507 g/mol. The number of nitrogens with zero attached hydrogens (tertiary/aromatic N) is 9. The lowest BCUT2D eigenvalue weighted by atomic mass is 10.1. The second kappa shape index (κ2) is 11.9. The molecule has 0 saturated carbocycles. The first kappa shape index (κ1) is 27.1. The molecule has 1 aliphatic rings. The summed E-state index contributed by atoms with van der Waals surface area (Å²) in [5, 5.41) is 21.3. The third-order valence-corrected chi connectivity index (χ3v) is 5.74. The molecule has 3 rings (SSSR count). The van der Waals surface area contributed by atoms with E-state index in [-0.39, 0.29) is 36.5 Å². The van der Waals surface area contributed by atoms with Crippen molar-refractivity contribution in [3.05, 3.63) is 28.2 Å². The number of hydrogen-bond donors (Lipinski definition) is 1. The van der Waals surface area contributed by atoms with Crippen molar-refractivity contribution < 1.29 is 14.3 Å². The van der Waals surface area contributed by atoms with Gasteiger partial charge in [0.2, 0.25) is 0 Å². The molecule has 3 heterocycles. The van der Waals surface area contributed by atoms with Gasteiger partial charge >= 0.3 is 17.7 Å². The van der Waals surface area contributed by atoms with E-state index in [1.165, 1.54) is 9.47 Å². The molecule has 37 heavy (non-hydrogen) atoms. The summed E-state index contributed by atoms with van der Waals surface area (Å²) in [6.45, 7) is 14.7. The largest absolute Gasteiger partial charge is 0.465 e. The Morgan fingerprint density at radius 3 is 2.51 bits per heavy atom. The number of hydrogen-bond acceptors (Lipinski definition) is 10. The SMILES string of the molecule is [C-]#[N+]c1nc(N=Nc2c(NCC)nc(N3CCCC3)c(C(=O)N(C)C)c2C)n(CC(=O)OCC)c1C#N. The number of rotatable bonds is 9. The van der Waals surface area contributed by atoms with E-state index in [0.717, 1.165) is 25.9 Å². The molecule has 1 fully saturated rings. The molecule has 0 unspecified atom stereocenters. The predicted octanol–water partition coefficient (Wildman–Crippen LogP) is 3.72. The number of aromatic nitrogens is 3. The molecule has 1 amide bonds. The lowest BCUT2D eigenvalue weighted by molar-refractivity contribution is -0.143. The van der Waals surface area contributed by atoms with Gasteiger partial charge in [0.05, 0.1) is 12.2 Å². The fraction of sp³-hybridized carbons (Fsp3) is 0.500. The summed E-state index contributed by atoms with van der Waals surface area (Å²) in [6.07, 6.45) is 2.03. The maximum absolute atomic E-state index is 13.2. The molecule has 194 valence electrons. The number of anilines is 2. The summed E-state index contributed by atoms with van der Waals surface area (Å²) in [7, 11) is 3.35. The monoisotopic (exact) mass is 506 g/mol. The predicted molar refractivity (Wildman–Crippen MR) is 137 cm³/mol. The van der Waals surface area contributed by atoms with E-state index < -0.39 is 5.97 Å². The molecule has 0 aromatic carbocycles. The van der Waals surface area contributed by atoms with Crippen molar-refractivity contribution in [1.82, 2.24) is 19.4 Å². The van der Waals surface area contributed by atoms with Crippen molar-refractivity contribution in [2.45, 2.75) is 40.2 Å². The minimum atomic E-state index is -0.607. The lowest BCUT2D eigenvalue weighted by Gasteiger charge is -2.25. The zero-order valence-corrected chi connectivity index (χ0v) is 21.7. The molecule has 0 aliphatic carbocycles. The van der Waals surface area contributed by atoms with Crippen molar-refractivity contribution in [2.24, 2.45) is 10.2 Å². The Balaban J connectivity index is 2.19. The van der Waals surface area contributed by atoms with Gasteiger partial charge in [-0.05, 0) is 39.2 Å². The molecule has 13 heteroatoms. The number of amides is 1. The van der Waals surface area contributed by atoms with Crippen LogP contribution in [-0.4, -0.2) is 71.6 Å². The summed E-state index contributed by atoms with van der Waals surface area (Å²) >= 11 is 0. The molecule has 2 aromatic rings. The number of esters is 1. The Labute approximate surface area is 215 Å². The topological polar surface area (TPSA) is 145 Å².